The molecule has 1 saturated heterocycles. The molecule has 7 heteroatoms. The third-order valence-electron chi connectivity index (χ3n) is 4.52. The lowest BCUT2D eigenvalue weighted by Gasteiger charge is -2.21. The summed E-state index contributed by atoms with van der Waals surface area (Å²) in [6.07, 6.45) is 1.04. The third-order valence-corrected chi connectivity index (χ3v) is 5.44. The van der Waals surface area contributed by atoms with E-state index in [-0.39, 0.29) is 6.03 Å². The molecule has 6 nitrogen and oxygen atoms in total. The van der Waals surface area contributed by atoms with Crippen molar-refractivity contribution in [3.8, 4) is 0 Å². The maximum absolute atomic E-state index is 12.4. The minimum Gasteiger partial charge on any atom is -0.324 e. The second-order valence-corrected chi connectivity index (χ2v) is 7.69. The summed E-state index contributed by atoms with van der Waals surface area (Å²) < 4.78 is 0. The number of hydrogen-bond acceptors (Lipinski definition) is 5. The van der Waals surface area contributed by atoms with Crippen molar-refractivity contribution in [3.05, 3.63) is 40.0 Å². The lowest BCUT2D eigenvalue weighted by atomic mass is 10.1. The van der Waals surface area contributed by atoms with Gasteiger partial charge in [0, 0.05) is 36.8 Å². The molecule has 1 N–H and O–H groups in total. The summed E-state index contributed by atoms with van der Waals surface area (Å²) in [5.74, 6) is 1.13. The summed E-state index contributed by atoms with van der Waals surface area (Å²) in [6.45, 7) is 7.48. The summed E-state index contributed by atoms with van der Waals surface area (Å²) in [6, 6.07) is 5.59. The highest BCUT2D eigenvalue weighted by molar-refractivity contribution is 7.09. The van der Waals surface area contributed by atoms with Crippen LogP contribution in [0.4, 0.5) is 10.6 Å². The lowest BCUT2D eigenvalue weighted by molar-refractivity contribution is 0.217. The predicted octanol–water partition coefficient (Wildman–Crippen LogP) is 3.14. The Morgan fingerprint density at radius 1 is 1.44 bits per heavy atom. The van der Waals surface area contributed by atoms with E-state index < -0.39 is 0 Å². The molecule has 0 bridgehead atoms. The molecule has 25 heavy (non-hydrogen) atoms. The molecule has 0 radical (unpaired) electrons. The minimum absolute atomic E-state index is 0.0541. The molecule has 134 valence electrons. The van der Waals surface area contributed by atoms with Crippen molar-refractivity contribution < 1.29 is 4.79 Å². The first-order chi connectivity index (χ1) is 12.0. The number of hydrogen-bond donors (Lipinski definition) is 1. The Labute approximate surface area is 152 Å². The fourth-order valence-corrected chi connectivity index (χ4v) is 4.05. The van der Waals surface area contributed by atoms with Crippen LogP contribution in [0.2, 0.25) is 0 Å². The molecule has 2 aromatic rings. The van der Waals surface area contributed by atoms with Crippen LogP contribution >= 0.6 is 11.3 Å². The van der Waals surface area contributed by atoms with E-state index in [9.17, 15) is 4.79 Å². The largest absolute Gasteiger partial charge is 0.324 e. The Bertz CT molecular complexity index is 732. The first-order valence-electron chi connectivity index (χ1n) is 8.58. The molecule has 0 saturated carbocycles. The highest BCUT2D eigenvalue weighted by Gasteiger charge is 2.27. The molecule has 0 spiro atoms. The van der Waals surface area contributed by atoms with Crippen molar-refractivity contribution >= 4 is 23.2 Å². The van der Waals surface area contributed by atoms with Crippen LogP contribution in [-0.4, -0.2) is 52.5 Å². The summed E-state index contributed by atoms with van der Waals surface area (Å²) in [4.78, 5) is 26.6. The summed E-state index contributed by atoms with van der Waals surface area (Å²) in [7, 11) is 2.14. The number of aromatic nitrogens is 2. The van der Waals surface area contributed by atoms with Crippen LogP contribution in [-0.2, 0) is 6.54 Å². The number of amides is 2. The zero-order valence-electron chi connectivity index (χ0n) is 15.0. The van der Waals surface area contributed by atoms with E-state index in [2.05, 4.69) is 34.2 Å². The normalized spacial score (nSPS) is 17.3. The monoisotopic (exact) mass is 359 g/mol. The van der Waals surface area contributed by atoms with Crippen molar-refractivity contribution in [2.75, 3.05) is 32.0 Å². The van der Waals surface area contributed by atoms with E-state index in [1.54, 1.807) is 11.3 Å². The Morgan fingerprint density at radius 3 is 3.00 bits per heavy atom. The molecule has 1 atom stereocenters. The van der Waals surface area contributed by atoms with E-state index in [4.69, 9.17) is 0 Å². The topological polar surface area (TPSA) is 61.4 Å². The third kappa shape index (κ3) is 4.76. The number of aryl methyl sites for hydroxylation is 2. The number of pyridine rings is 1. The number of thiazole rings is 1. The Balaban J connectivity index is 1.48. The number of carbonyl (C=O) groups excluding carboxylic acids is 1. The highest BCUT2D eigenvalue weighted by atomic mass is 32.1. The average molecular weight is 359 g/mol. The molecule has 2 aromatic heterocycles. The van der Waals surface area contributed by atoms with Crippen LogP contribution in [0.3, 0.4) is 0 Å². The Hall–Kier alpha value is -1.99. The second kappa shape index (κ2) is 7.93. The van der Waals surface area contributed by atoms with Gasteiger partial charge in [0.1, 0.15) is 5.82 Å². The van der Waals surface area contributed by atoms with Gasteiger partial charge in [-0.1, -0.05) is 6.07 Å². The summed E-state index contributed by atoms with van der Waals surface area (Å²) in [5.41, 5.74) is 3.92. The smallest absolute Gasteiger partial charge is 0.323 e. The molecule has 0 aromatic carbocycles. The molecule has 3 rings (SSSR count). The van der Waals surface area contributed by atoms with Gasteiger partial charge in [-0.3, -0.25) is 5.32 Å². The SMILES string of the molecule is Cc1cccc(NC(=O)N2CC[C@@H](CN(C)Cc3scnc3C)C2)n1. The van der Waals surface area contributed by atoms with Crippen LogP contribution in [0.15, 0.2) is 23.7 Å². The standard InChI is InChI=1S/C18H25N5OS/c1-13-5-4-6-17(20-13)21-18(24)23-8-7-15(10-23)9-22(3)11-16-14(2)19-12-25-16/h4-6,12,15H,7-11H2,1-3H3,(H,20,21,24)/t15-/m0/s1. The molecule has 0 unspecified atom stereocenters. The van der Waals surface area contributed by atoms with Crippen molar-refractivity contribution in [3.63, 3.8) is 0 Å². The van der Waals surface area contributed by atoms with Gasteiger partial charge in [0.15, 0.2) is 0 Å². The van der Waals surface area contributed by atoms with E-state index in [0.717, 1.165) is 44.0 Å². The van der Waals surface area contributed by atoms with Crippen LogP contribution < -0.4 is 5.32 Å². The number of carbonyl (C=O) groups is 1. The van der Waals surface area contributed by atoms with Crippen molar-refractivity contribution in [2.45, 2.75) is 26.8 Å². The zero-order valence-corrected chi connectivity index (χ0v) is 15.8. The lowest BCUT2D eigenvalue weighted by Crippen LogP contribution is -2.34. The Morgan fingerprint density at radius 2 is 2.28 bits per heavy atom. The summed E-state index contributed by atoms with van der Waals surface area (Å²) in [5, 5.41) is 2.90. The van der Waals surface area contributed by atoms with Crippen molar-refractivity contribution in [2.24, 2.45) is 5.92 Å². The second-order valence-electron chi connectivity index (χ2n) is 6.75. The molecule has 1 aliphatic heterocycles. The van der Waals surface area contributed by atoms with Crippen LogP contribution in [0.25, 0.3) is 0 Å². The fourth-order valence-electron chi connectivity index (χ4n) is 3.20. The highest BCUT2D eigenvalue weighted by Crippen LogP contribution is 2.20. The van der Waals surface area contributed by atoms with Crippen LogP contribution in [0.1, 0.15) is 22.7 Å². The first-order valence-corrected chi connectivity index (χ1v) is 9.46. The maximum Gasteiger partial charge on any atom is 0.323 e. The van der Waals surface area contributed by atoms with E-state index in [1.807, 2.05) is 35.5 Å². The van der Waals surface area contributed by atoms with Crippen LogP contribution in [0, 0.1) is 19.8 Å². The minimum atomic E-state index is -0.0541. The number of nitrogens with zero attached hydrogens (tertiary/aromatic N) is 4. The number of nitrogens with one attached hydrogen (secondary N) is 1. The molecule has 2 amide bonds. The zero-order chi connectivity index (χ0) is 17.8. The average Bonchev–Trinajstić information content (AvgIpc) is 3.17. The van der Waals surface area contributed by atoms with Crippen LogP contribution in [0.5, 0.6) is 0 Å². The van der Waals surface area contributed by atoms with E-state index >= 15 is 0 Å². The predicted molar refractivity (Wildman–Crippen MR) is 101 cm³/mol. The van der Waals surface area contributed by atoms with Gasteiger partial charge < -0.3 is 9.80 Å². The molecule has 0 aliphatic carbocycles. The van der Waals surface area contributed by atoms with Gasteiger partial charge in [-0.15, -0.1) is 11.3 Å². The van der Waals surface area contributed by atoms with Gasteiger partial charge in [0.2, 0.25) is 0 Å². The van der Waals surface area contributed by atoms with Gasteiger partial charge in [-0.2, -0.15) is 0 Å². The van der Waals surface area contributed by atoms with Crippen molar-refractivity contribution in [1.82, 2.24) is 19.8 Å². The molecular formula is C18H25N5OS. The van der Waals surface area contributed by atoms with Gasteiger partial charge in [-0.05, 0) is 45.4 Å². The van der Waals surface area contributed by atoms with Gasteiger partial charge >= 0.3 is 6.03 Å². The van der Waals surface area contributed by atoms with E-state index in [0.29, 0.717) is 11.7 Å². The van der Waals surface area contributed by atoms with Gasteiger partial charge in [0.25, 0.3) is 0 Å². The molecule has 1 fully saturated rings. The van der Waals surface area contributed by atoms with Gasteiger partial charge in [-0.25, -0.2) is 14.8 Å². The number of rotatable bonds is 5. The Kier molecular flexibility index (Phi) is 5.65. The summed E-state index contributed by atoms with van der Waals surface area (Å²) >= 11 is 1.71. The molecule has 1 aliphatic rings. The van der Waals surface area contributed by atoms with Crippen molar-refractivity contribution in [1.29, 1.82) is 0 Å². The van der Waals surface area contributed by atoms with E-state index in [1.165, 1.54) is 4.88 Å². The number of urea groups is 1. The maximum atomic E-state index is 12.4. The quantitative estimate of drug-likeness (QED) is 0.891. The number of likely N-dealkylation sites (tertiary alicyclic amines) is 1. The molecule has 3 heterocycles. The number of anilines is 1. The first kappa shape index (κ1) is 17.8. The van der Waals surface area contributed by atoms with Gasteiger partial charge in [0.05, 0.1) is 11.2 Å². The fraction of sp³-hybridized carbons (Fsp3) is 0.500. The molecular weight excluding hydrogens is 334 g/mol.